The fraction of sp³-hybridized carbons (Fsp3) is 0.616. The Balaban J connectivity index is -0.00000122. The van der Waals surface area contributed by atoms with Gasteiger partial charge in [0.15, 0.2) is 46.9 Å². The number of nitriles is 10. The minimum Gasteiger partial charge on any atom is -0.332 e. The summed E-state index contributed by atoms with van der Waals surface area (Å²) in [6.07, 6.45) is 4.16. The predicted molar refractivity (Wildman–Crippen MR) is 398 cm³/mol. The van der Waals surface area contributed by atoms with Gasteiger partial charge >= 0.3 is 0 Å². The molecule has 0 bridgehead atoms. The monoisotopic (exact) mass is 1530 g/mol. The highest BCUT2D eigenvalue weighted by molar-refractivity contribution is 8.11. The van der Waals surface area contributed by atoms with Gasteiger partial charge in [-0.15, -0.1) is 0 Å². The van der Waals surface area contributed by atoms with Gasteiger partial charge in [0, 0.05) is 115 Å². The number of carbonyl (C=O) groups excluding carboxylic acids is 6. The zero-order chi connectivity index (χ0) is 80.1. The number of hydrogen-bond acceptors (Lipinski definition) is 26. The van der Waals surface area contributed by atoms with Gasteiger partial charge in [-0.3, -0.25) is 28.8 Å². The van der Waals surface area contributed by atoms with Crippen LogP contribution in [0.1, 0.15) is 231 Å². The van der Waals surface area contributed by atoms with Crippen molar-refractivity contribution in [3.63, 3.8) is 0 Å². The molecule has 0 fully saturated rings. The summed E-state index contributed by atoms with van der Waals surface area (Å²) in [6, 6.07) is 37.3. The zero-order valence-electron chi connectivity index (χ0n) is 62.0. The van der Waals surface area contributed by atoms with Gasteiger partial charge in [0.05, 0.1) is 71.5 Å². The molecule has 0 saturated carbocycles. The Morgan fingerprint density at radius 1 is 0.379 bits per heavy atom. The summed E-state index contributed by atoms with van der Waals surface area (Å²) in [7, 11) is -2.04. The van der Waals surface area contributed by atoms with Gasteiger partial charge in [0.1, 0.15) is 32.7 Å². The second kappa shape index (κ2) is 48.4. The Morgan fingerprint density at radius 2 is 0.631 bits per heavy atom. The van der Waals surface area contributed by atoms with Crippen molar-refractivity contribution in [2.24, 2.45) is 21.7 Å². The van der Waals surface area contributed by atoms with Gasteiger partial charge in [-0.2, -0.15) is 52.6 Å². The van der Waals surface area contributed by atoms with E-state index in [1.807, 2.05) is 24.3 Å². The van der Waals surface area contributed by atoms with Crippen LogP contribution in [0, 0.1) is 135 Å². The highest BCUT2D eigenvalue weighted by Crippen LogP contribution is 2.63. The molecular weight excluding hydrogens is 1430 g/mol. The largest absolute Gasteiger partial charge is 0.332 e. The molecule has 0 aliphatic heterocycles. The third-order valence-electron chi connectivity index (χ3n) is 18.1. The van der Waals surface area contributed by atoms with Crippen LogP contribution in [-0.2, 0) is 80.6 Å². The Labute approximate surface area is 622 Å². The first-order valence-corrected chi connectivity index (χ1v) is 42.0. The molecule has 103 heavy (non-hydrogen) atoms. The van der Waals surface area contributed by atoms with Gasteiger partial charge < -0.3 is 18.1 Å². The van der Waals surface area contributed by atoms with Gasteiger partial charge in [-0.25, -0.2) is 16.8 Å². The topological polar surface area (TPSA) is 446 Å². The van der Waals surface area contributed by atoms with Crippen molar-refractivity contribution < 1.29 is 63.7 Å². The summed E-state index contributed by atoms with van der Waals surface area (Å²) >= 11 is 10.8. The molecule has 0 amide bonds. The summed E-state index contributed by atoms with van der Waals surface area (Å²) in [6.45, 7) is 10.9. The van der Waals surface area contributed by atoms with Gasteiger partial charge in [-0.05, 0) is 128 Å². The van der Waals surface area contributed by atoms with Crippen LogP contribution in [-0.4, -0.2) is 106 Å². The van der Waals surface area contributed by atoms with Crippen LogP contribution in [0.3, 0.4) is 0 Å². The van der Waals surface area contributed by atoms with E-state index in [0.717, 1.165) is 0 Å². The first-order valence-electron chi connectivity index (χ1n) is 33.4. The first-order chi connectivity index (χ1) is 48.3. The molecule has 0 N–H and O–H groups in total. The maximum absolute atomic E-state index is 13.3. The summed E-state index contributed by atoms with van der Waals surface area (Å²) in [5.74, 6) is -1.78. The van der Waals surface area contributed by atoms with Crippen LogP contribution in [0.15, 0.2) is 60.7 Å². The number of Topliss-reactive ketones (excluding diaryl/α,β-unsaturated/α-hetero) is 6. The highest BCUT2D eigenvalue weighted by atomic mass is 32.5. The molecule has 4 unspecified atom stereocenters. The van der Waals surface area contributed by atoms with Crippen LogP contribution >= 0.6 is 13.0 Å². The molecule has 0 aromatic heterocycles. The molecule has 0 heterocycles. The van der Waals surface area contributed by atoms with E-state index in [0.29, 0.717) is 62.5 Å². The Bertz CT molecular complexity index is 3680. The van der Waals surface area contributed by atoms with E-state index in [-0.39, 0.29) is 136 Å². The van der Waals surface area contributed by atoms with E-state index in [9.17, 15) is 56.1 Å². The van der Waals surface area contributed by atoms with Crippen LogP contribution in [0.2, 0.25) is 0 Å². The van der Waals surface area contributed by atoms with E-state index in [1.165, 1.54) is 42.3 Å². The first kappa shape index (κ1) is 99.6. The summed E-state index contributed by atoms with van der Waals surface area (Å²) < 4.78 is 68.2. The lowest BCUT2D eigenvalue weighted by molar-refractivity contribution is -0.141. The molecular formula is C73H100N10O14P2S4. The number of rotatable bonds is 42. The molecule has 0 spiro atoms. The average molecular weight is 1530 g/mol. The van der Waals surface area contributed by atoms with Crippen molar-refractivity contribution in [1.29, 1.82) is 52.6 Å². The second-order valence-electron chi connectivity index (χ2n) is 24.4. The smallest absolute Gasteiger partial charge is 0.208 e. The fourth-order valence-electron chi connectivity index (χ4n) is 11.3. The number of carbonyl (C=O) groups is 6. The standard InChI is InChI=1S/C21H18N2O2.C15H22N2O2.C13H24N2O4P2S2.C13H18N2O2.C11H18N2O4S2/c22-15-7-13-21(14-8-16-23,19(24)17-9-3-1-4-10-17)20(25)18-11-5-2-6-12-18;1-5-12(18)14(3,10-16)8-7-9-15(4,11-17)13(19)6-2;1-12(10-14,20(22,16-3)17-4)8-7-9-13(2,11-15)21(23,18-5)19-6;1-3-11(16)13(7-5-9-14,8-6-10-15)12(17)4-2;1-3-18(14,15)11(7-5-9-12,8-6-10-13)19(16,17)4-2/h1-6,9-12H,7-8,13-14H2;5-9H2,1-4H3;7-9H2,1-6H3;3-8H2,1-2H3;3-8H2,1-2H3. The Kier molecular flexibility index (Phi) is 46.8. The molecule has 2 aromatic carbocycles. The third-order valence-corrected chi connectivity index (χ3v) is 33.5. The van der Waals surface area contributed by atoms with Crippen molar-refractivity contribution in [3.8, 4) is 60.7 Å². The van der Waals surface area contributed by atoms with E-state index < -0.39 is 68.7 Å². The maximum Gasteiger partial charge on any atom is 0.208 e. The molecule has 0 radical (unpaired) electrons. The van der Waals surface area contributed by atoms with Gasteiger partial charge in [-0.1, -0.05) is 102 Å². The third kappa shape index (κ3) is 27.1. The molecule has 4 atom stereocenters. The van der Waals surface area contributed by atoms with Crippen molar-refractivity contribution in [2.75, 3.05) is 39.9 Å². The summed E-state index contributed by atoms with van der Waals surface area (Å²) in [5.41, 5.74) is -3.66. The molecule has 24 nitrogen and oxygen atoms in total. The van der Waals surface area contributed by atoms with E-state index >= 15 is 0 Å². The van der Waals surface area contributed by atoms with Crippen LogP contribution in [0.25, 0.3) is 0 Å². The molecule has 2 aromatic rings. The second-order valence-corrected chi connectivity index (χ2v) is 38.2. The number of sulfone groups is 2. The number of benzene rings is 2. The quantitative estimate of drug-likeness (QED) is 0.0338. The van der Waals surface area contributed by atoms with Gasteiger partial charge in [0.2, 0.25) is 13.0 Å². The predicted octanol–water partition coefficient (Wildman–Crippen LogP) is 15.1. The number of hydrogen-bond donors (Lipinski definition) is 0. The van der Waals surface area contributed by atoms with E-state index in [1.54, 1.807) is 128 Å². The maximum atomic E-state index is 13.3. The van der Waals surface area contributed by atoms with Gasteiger partial charge in [0.25, 0.3) is 0 Å². The van der Waals surface area contributed by atoms with Crippen LogP contribution in [0.5, 0.6) is 0 Å². The van der Waals surface area contributed by atoms with E-state index in [4.69, 9.17) is 83.8 Å². The molecule has 2 rings (SSSR count). The fourth-order valence-corrected chi connectivity index (χ4v) is 20.1. The molecule has 0 saturated heterocycles. The van der Waals surface area contributed by atoms with Crippen molar-refractivity contribution in [3.05, 3.63) is 71.8 Å². The molecule has 0 aliphatic carbocycles. The molecule has 0 aliphatic rings. The highest BCUT2D eigenvalue weighted by Gasteiger charge is 2.53. The minimum atomic E-state index is -3.93. The number of ketones is 6. The Hall–Kier alpha value is -7.60. The normalized spacial score (nSPS) is 13.6. The number of nitrogens with zero attached hydrogens (tertiary/aromatic N) is 10. The summed E-state index contributed by atoms with van der Waals surface area (Å²) in [5, 5.41) is 88.0. The Morgan fingerprint density at radius 3 is 0.854 bits per heavy atom. The van der Waals surface area contributed by atoms with Crippen LogP contribution < -0.4 is 0 Å². The zero-order valence-corrected chi connectivity index (χ0v) is 67.0. The van der Waals surface area contributed by atoms with Crippen molar-refractivity contribution in [1.82, 2.24) is 0 Å². The molecule has 560 valence electrons. The minimum absolute atomic E-state index is 0.0720. The van der Waals surface area contributed by atoms with E-state index in [2.05, 4.69) is 24.3 Å². The summed E-state index contributed by atoms with van der Waals surface area (Å²) in [4.78, 5) is 74.0. The lowest BCUT2D eigenvalue weighted by Crippen LogP contribution is -2.48. The van der Waals surface area contributed by atoms with Crippen molar-refractivity contribution in [2.45, 2.75) is 225 Å². The lowest BCUT2D eigenvalue weighted by atomic mass is 9.68. The van der Waals surface area contributed by atoms with Crippen molar-refractivity contribution >= 4 is 91.0 Å². The van der Waals surface area contributed by atoms with Crippen LogP contribution in [0.4, 0.5) is 0 Å². The lowest BCUT2D eigenvalue weighted by Gasteiger charge is -2.35. The average Bonchev–Trinajstić information content (AvgIpc) is 0.754. The molecule has 30 heteroatoms. The SMILES string of the molecule is CCC(=O)C(C)(C#N)CCCC(C)(C#N)C(=O)CC.CCC(=O)C(CCC#N)(CCC#N)C(=O)CC.CCS(=O)(=O)C(CCC#N)(CCC#N)S(=O)(=O)CC.COP(=S)(OC)C(C)(C#N)CCCC(C)(C#N)P(=S)(OC)OC.N#CCCC(CCC#N)(C(=O)c1ccccc1)C(=O)c1ccccc1.